The van der Waals surface area contributed by atoms with Crippen LogP contribution in [0.1, 0.15) is 30.4 Å². The van der Waals surface area contributed by atoms with Gasteiger partial charge >= 0.3 is 11.9 Å². The number of carbonyl (C=O) groups excluding carboxylic acids is 2. The van der Waals surface area contributed by atoms with Gasteiger partial charge in [0.2, 0.25) is 0 Å². The Balaban J connectivity index is 2.02. The van der Waals surface area contributed by atoms with Gasteiger partial charge in [0.15, 0.2) is 0 Å². The van der Waals surface area contributed by atoms with E-state index in [0.717, 1.165) is 28.5 Å². The second kappa shape index (κ2) is 6.77. The predicted molar refractivity (Wildman–Crippen MR) is 97.1 cm³/mol. The lowest BCUT2D eigenvalue weighted by Crippen LogP contribution is -2.10. The molecule has 0 amide bonds. The Labute approximate surface area is 146 Å². The first-order valence-electron chi connectivity index (χ1n) is 7.97. The predicted octanol–water partition coefficient (Wildman–Crippen LogP) is 4.51. The van der Waals surface area contributed by atoms with Gasteiger partial charge in [-0.25, -0.2) is 9.59 Å². The monoisotopic (exact) mass is 334 g/mol. The molecule has 1 aliphatic rings. The molecule has 2 aromatic carbocycles. The number of carbonyl (C=O) groups is 2. The molecule has 0 aliphatic heterocycles. The summed E-state index contributed by atoms with van der Waals surface area (Å²) in [5.74, 6) is 0.384. The average molecular weight is 334 g/mol. The van der Waals surface area contributed by atoms with Crippen molar-refractivity contribution >= 4 is 28.8 Å². The summed E-state index contributed by atoms with van der Waals surface area (Å²) in [6, 6.07) is 9.49. The van der Waals surface area contributed by atoms with Crippen LogP contribution in [-0.2, 0) is 14.3 Å². The third-order valence-corrected chi connectivity index (χ3v) is 4.17. The van der Waals surface area contributed by atoms with Crippen LogP contribution >= 0.6 is 0 Å². The van der Waals surface area contributed by atoms with E-state index in [1.807, 2.05) is 30.3 Å². The van der Waals surface area contributed by atoms with Gasteiger partial charge in [0.1, 0.15) is 11.5 Å². The summed E-state index contributed by atoms with van der Waals surface area (Å²) in [5, 5.41) is 2.08. The molecule has 1 atom stereocenters. The lowest BCUT2D eigenvalue weighted by molar-refractivity contribution is -0.134. The topological polar surface area (TPSA) is 52.6 Å². The molecule has 4 heteroatoms. The van der Waals surface area contributed by atoms with E-state index >= 15 is 0 Å². The van der Waals surface area contributed by atoms with E-state index in [-0.39, 0.29) is 5.92 Å². The van der Waals surface area contributed by atoms with Crippen LogP contribution in [0.5, 0.6) is 5.75 Å². The van der Waals surface area contributed by atoms with E-state index in [4.69, 9.17) is 9.47 Å². The molecule has 0 heterocycles. The van der Waals surface area contributed by atoms with E-state index in [1.54, 1.807) is 6.07 Å². The number of hydrogen-bond donors (Lipinski definition) is 0. The SMILES string of the molecule is C=CC(=O)OC1=Cc2ccc3cc(OC(=O)C=C)ccc3c2C(C)C1. The van der Waals surface area contributed by atoms with Crippen LogP contribution < -0.4 is 4.74 Å². The summed E-state index contributed by atoms with van der Waals surface area (Å²) in [7, 11) is 0. The third-order valence-electron chi connectivity index (χ3n) is 4.17. The molecule has 0 spiro atoms. The Morgan fingerprint density at radius 2 is 1.80 bits per heavy atom. The zero-order valence-electron chi connectivity index (χ0n) is 14.0. The second-order valence-electron chi connectivity index (χ2n) is 5.92. The highest BCUT2D eigenvalue weighted by atomic mass is 16.5. The number of allylic oxidation sites excluding steroid dienone is 1. The minimum atomic E-state index is -0.484. The summed E-state index contributed by atoms with van der Waals surface area (Å²) < 4.78 is 10.5. The normalized spacial score (nSPS) is 15.7. The number of benzene rings is 2. The van der Waals surface area contributed by atoms with Crippen molar-refractivity contribution in [3.05, 3.63) is 72.5 Å². The highest BCUT2D eigenvalue weighted by Crippen LogP contribution is 2.39. The van der Waals surface area contributed by atoms with Gasteiger partial charge in [-0.1, -0.05) is 38.3 Å². The highest BCUT2D eigenvalue weighted by molar-refractivity contribution is 5.92. The van der Waals surface area contributed by atoms with Crippen LogP contribution in [0.15, 0.2) is 61.4 Å². The standard InChI is InChI=1S/C21H18O4/c1-4-19(22)24-16-8-9-18-14(11-16)6-7-15-12-17(25-20(23)5-2)10-13(3)21(15)18/h4-9,11-13H,1-2,10H2,3H3. The maximum Gasteiger partial charge on any atom is 0.335 e. The fourth-order valence-corrected chi connectivity index (χ4v) is 3.12. The molecule has 2 aromatic rings. The van der Waals surface area contributed by atoms with Gasteiger partial charge in [0.25, 0.3) is 0 Å². The molecule has 0 N–H and O–H groups in total. The van der Waals surface area contributed by atoms with E-state index in [9.17, 15) is 9.59 Å². The van der Waals surface area contributed by atoms with Crippen LogP contribution in [-0.4, -0.2) is 11.9 Å². The zero-order chi connectivity index (χ0) is 18.0. The fourth-order valence-electron chi connectivity index (χ4n) is 3.12. The maximum atomic E-state index is 11.4. The van der Waals surface area contributed by atoms with Gasteiger partial charge < -0.3 is 9.47 Å². The van der Waals surface area contributed by atoms with Crippen molar-refractivity contribution in [3.63, 3.8) is 0 Å². The quantitative estimate of drug-likeness (QED) is 0.469. The van der Waals surface area contributed by atoms with Crippen LogP contribution in [0.2, 0.25) is 0 Å². The van der Waals surface area contributed by atoms with Crippen LogP contribution in [0.25, 0.3) is 16.8 Å². The fraction of sp³-hybridized carbons (Fsp3) is 0.143. The van der Waals surface area contributed by atoms with Gasteiger partial charge in [-0.05, 0) is 46.0 Å². The lowest BCUT2D eigenvalue weighted by atomic mass is 9.84. The molecule has 4 nitrogen and oxygen atoms in total. The Hall–Kier alpha value is -3.14. The summed E-state index contributed by atoms with van der Waals surface area (Å²) in [5.41, 5.74) is 2.21. The molecule has 25 heavy (non-hydrogen) atoms. The Kier molecular flexibility index (Phi) is 4.52. The highest BCUT2D eigenvalue weighted by Gasteiger charge is 2.22. The lowest BCUT2D eigenvalue weighted by Gasteiger charge is -2.24. The molecule has 0 aromatic heterocycles. The summed E-state index contributed by atoms with van der Waals surface area (Å²) >= 11 is 0. The number of hydrogen-bond acceptors (Lipinski definition) is 4. The first-order chi connectivity index (χ1) is 12.0. The first kappa shape index (κ1) is 16.7. The number of fused-ring (bicyclic) bond motifs is 3. The smallest absolute Gasteiger partial charge is 0.335 e. The molecule has 1 aliphatic carbocycles. The van der Waals surface area contributed by atoms with Crippen molar-refractivity contribution in [1.82, 2.24) is 0 Å². The number of esters is 2. The third kappa shape index (κ3) is 3.38. The average Bonchev–Trinajstić information content (AvgIpc) is 2.60. The van der Waals surface area contributed by atoms with Gasteiger partial charge in [-0.2, -0.15) is 0 Å². The van der Waals surface area contributed by atoms with E-state index < -0.39 is 11.9 Å². The molecular weight excluding hydrogens is 316 g/mol. The van der Waals surface area contributed by atoms with Crippen molar-refractivity contribution in [2.45, 2.75) is 19.3 Å². The minimum Gasteiger partial charge on any atom is -0.428 e. The molecule has 1 unspecified atom stereocenters. The maximum absolute atomic E-state index is 11.4. The molecule has 0 fully saturated rings. The van der Waals surface area contributed by atoms with Gasteiger partial charge in [0.05, 0.1) is 0 Å². The molecule has 0 bridgehead atoms. The van der Waals surface area contributed by atoms with Crippen molar-refractivity contribution in [2.75, 3.05) is 0 Å². The Morgan fingerprint density at radius 3 is 2.52 bits per heavy atom. The van der Waals surface area contributed by atoms with E-state index in [1.165, 1.54) is 5.56 Å². The minimum absolute atomic E-state index is 0.192. The summed E-state index contributed by atoms with van der Waals surface area (Å²) in [6.07, 6.45) is 4.82. The molecule has 126 valence electrons. The molecule has 0 saturated carbocycles. The van der Waals surface area contributed by atoms with Crippen molar-refractivity contribution in [2.24, 2.45) is 0 Å². The Morgan fingerprint density at radius 1 is 1.08 bits per heavy atom. The first-order valence-corrected chi connectivity index (χ1v) is 7.97. The number of rotatable bonds is 4. The van der Waals surface area contributed by atoms with Crippen molar-refractivity contribution in [1.29, 1.82) is 0 Å². The van der Waals surface area contributed by atoms with Crippen LogP contribution in [0, 0.1) is 0 Å². The Bertz CT molecular complexity index is 921. The second-order valence-corrected chi connectivity index (χ2v) is 5.92. The van der Waals surface area contributed by atoms with E-state index in [0.29, 0.717) is 17.9 Å². The van der Waals surface area contributed by atoms with E-state index in [2.05, 4.69) is 20.1 Å². The molecule has 3 rings (SSSR count). The number of ether oxygens (including phenoxy) is 2. The van der Waals surface area contributed by atoms with Crippen molar-refractivity contribution < 1.29 is 19.1 Å². The van der Waals surface area contributed by atoms with Crippen LogP contribution in [0.4, 0.5) is 0 Å². The molecule has 0 saturated heterocycles. The summed E-state index contributed by atoms with van der Waals surface area (Å²) in [4.78, 5) is 22.8. The van der Waals surface area contributed by atoms with Crippen LogP contribution in [0.3, 0.4) is 0 Å². The van der Waals surface area contributed by atoms with Gasteiger partial charge in [-0.15, -0.1) is 0 Å². The molecular formula is C21H18O4. The van der Waals surface area contributed by atoms with Gasteiger partial charge in [-0.3, -0.25) is 0 Å². The summed E-state index contributed by atoms with van der Waals surface area (Å²) in [6.45, 7) is 8.91. The van der Waals surface area contributed by atoms with Gasteiger partial charge in [0, 0.05) is 18.6 Å². The van der Waals surface area contributed by atoms with Crippen molar-refractivity contribution in [3.8, 4) is 5.75 Å². The largest absolute Gasteiger partial charge is 0.428 e. The zero-order valence-corrected chi connectivity index (χ0v) is 14.0. The molecule has 0 radical (unpaired) electrons.